The summed E-state index contributed by atoms with van der Waals surface area (Å²) in [5.41, 5.74) is 2.14. The van der Waals surface area contributed by atoms with Crippen molar-refractivity contribution in [1.29, 1.82) is 0 Å². The monoisotopic (exact) mass is 277 g/mol. The highest BCUT2D eigenvalue weighted by molar-refractivity contribution is 5.96. The van der Waals surface area contributed by atoms with E-state index in [-0.39, 0.29) is 11.9 Å². The normalized spacial score (nSPS) is 10.2. The minimum atomic E-state index is -0.221. The molecule has 0 bridgehead atoms. The highest BCUT2D eigenvalue weighted by Crippen LogP contribution is 2.16. The molecule has 0 aliphatic heterocycles. The van der Waals surface area contributed by atoms with Crippen molar-refractivity contribution in [2.75, 3.05) is 18.9 Å². The van der Waals surface area contributed by atoms with Crippen LogP contribution in [0.2, 0.25) is 0 Å². The zero-order chi connectivity index (χ0) is 15.1. The van der Waals surface area contributed by atoms with Gasteiger partial charge in [0, 0.05) is 24.8 Å². The van der Waals surface area contributed by atoms with Gasteiger partial charge in [0.2, 0.25) is 0 Å². The lowest BCUT2D eigenvalue weighted by Gasteiger charge is -2.11. The molecule has 0 atom stereocenters. The van der Waals surface area contributed by atoms with Crippen molar-refractivity contribution >= 4 is 17.6 Å². The number of aryl methyl sites for hydroxylation is 1. The van der Waals surface area contributed by atoms with Crippen LogP contribution < -0.4 is 16.0 Å². The number of urea groups is 1. The molecule has 0 radical (unpaired) electrons. The molecule has 0 fully saturated rings. The van der Waals surface area contributed by atoms with E-state index in [0.717, 1.165) is 12.0 Å². The summed E-state index contributed by atoms with van der Waals surface area (Å²) in [5, 5.41) is 8.16. The van der Waals surface area contributed by atoms with Crippen molar-refractivity contribution in [1.82, 2.24) is 10.6 Å². The van der Waals surface area contributed by atoms with Crippen LogP contribution in [0.25, 0.3) is 0 Å². The van der Waals surface area contributed by atoms with Crippen LogP contribution in [0.4, 0.5) is 10.5 Å². The molecule has 3 amide bonds. The van der Waals surface area contributed by atoms with Crippen molar-refractivity contribution in [2.24, 2.45) is 5.92 Å². The summed E-state index contributed by atoms with van der Waals surface area (Å²) < 4.78 is 0. The van der Waals surface area contributed by atoms with E-state index in [1.165, 1.54) is 0 Å². The maximum atomic E-state index is 11.7. The van der Waals surface area contributed by atoms with E-state index in [2.05, 4.69) is 29.8 Å². The largest absolute Gasteiger partial charge is 0.355 e. The number of anilines is 1. The molecule has 110 valence electrons. The Morgan fingerprint density at radius 2 is 1.95 bits per heavy atom. The van der Waals surface area contributed by atoms with E-state index in [1.807, 2.05) is 6.92 Å². The van der Waals surface area contributed by atoms with Gasteiger partial charge < -0.3 is 16.0 Å². The lowest BCUT2D eigenvalue weighted by molar-refractivity contribution is 0.0963. The van der Waals surface area contributed by atoms with Crippen LogP contribution in [0.3, 0.4) is 0 Å². The second kappa shape index (κ2) is 7.53. The quantitative estimate of drug-likeness (QED) is 0.774. The van der Waals surface area contributed by atoms with Crippen molar-refractivity contribution < 1.29 is 9.59 Å². The number of rotatable bonds is 5. The number of nitrogens with one attached hydrogen (secondary N) is 3. The van der Waals surface area contributed by atoms with Gasteiger partial charge in [0.25, 0.3) is 5.91 Å². The third-order valence-electron chi connectivity index (χ3n) is 2.97. The Morgan fingerprint density at radius 3 is 2.50 bits per heavy atom. The minimum Gasteiger partial charge on any atom is -0.355 e. The molecule has 20 heavy (non-hydrogen) atoms. The molecule has 5 heteroatoms. The molecular formula is C15H23N3O2. The molecule has 0 saturated heterocycles. The van der Waals surface area contributed by atoms with Crippen molar-refractivity contribution in [3.05, 3.63) is 29.3 Å². The standard InChI is InChI=1S/C15H23N3O2/c1-10(2)7-8-17-15(20)18-13-6-5-12(9-11(13)3)14(19)16-4/h5-6,9-10H,7-8H2,1-4H3,(H,16,19)(H2,17,18,20). The summed E-state index contributed by atoms with van der Waals surface area (Å²) in [6.07, 6.45) is 0.946. The van der Waals surface area contributed by atoms with Gasteiger partial charge in [-0.15, -0.1) is 0 Å². The number of benzene rings is 1. The van der Waals surface area contributed by atoms with Crippen LogP contribution in [-0.4, -0.2) is 25.5 Å². The van der Waals surface area contributed by atoms with Crippen LogP contribution in [0.1, 0.15) is 36.2 Å². The predicted octanol–water partition coefficient (Wildman–Crippen LogP) is 2.52. The third-order valence-corrected chi connectivity index (χ3v) is 2.97. The molecule has 1 rings (SSSR count). The van der Waals surface area contributed by atoms with E-state index >= 15 is 0 Å². The molecule has 0 aliphatic rings. The van der Waals surface area contributed by atoms with Gasteiger partial charge in [0.05, 0.1) is 0 Å². The number of amides is 3. The summed E-state index contributed by atoms with van der Waals surface area (Å²) >= 11 is 0. The van der Waals surface area contributed by atoms with Gasteiger partial charge in [-0.25, -0.2) is 4.79 Å². The van der Waals surface area contributed by atoms with E-state index in [4.69, 9.17) is 0 Å². The van der Waals surface area contributed by atoms with Gasteiger partial charge in [-0.1, -0.05) is 13.8 Å². The van der Waals surface area contributed by atoms with Gasteiger partial charge in [0.15, 0.2) is 0 Å². The van der Waals surface area contributed by atoms with Crippen LogP contribution in [0.5, 0.6) is 0 Å². The Morgan fingerprint density at radius 1 is 1.25 bits per heavy atom. The first-order valence-electron chi connectivity index (χ1n) is 6.81. The van der Waals surface area contributed by atoms with E-state index in [1.54, 1.807) is 25.2 Å². The Kier molecular flexibility index (Phi) is 6.03. The predicted molar refractivity (Wildman–Crippen MR) is 81.0 cm³/mol. The van der Waals surface area contributed by atoms with Gasteiger partial charge in [0.1, 0.15) is 0 Å². The molecule has 0 heterocycles. The molecular weight excluding hydrogens is 254 g/mol. The smallest absolute Gasteiger partial charge is 0.319 e. The summed E-state index contributed by atoms with van der Waals surface area (Å²) in [7, 11) is 1.59. The zero-order valence-corrected chi connectivity index (χ0v) is 12.5. The highest BCUT2D eigenvalue weighted by Gasteiger charge is 2.08. The van der Waals surface area contributed by atoms with Crippen LogP contribution >= 0.6 is 0 Å². The van der Waals surface area contributed by atoms with Crippen molar-refractivity contribution in [2.45, 2.75) is 27.2 Å². The second-order valence-electron chi connectivity index (χ2n) is 5.17. The van der Waals surface area contributed by atoms with Gasteiger partial charge in [-0.2, -0.15) is 0 Å². The average molecular weight is 277 g/mol. The first kappa shape index (κ1) is 16.0. The maximum absolute atomic E-state index is 11.7. The lowest BCUT2D eigenvalue weighted by Crippen LogP contribution is -2.30. The van der Waals surface area contributed by atoms with Gasteiger partial charge in [-0.3, -0.25) is 4.79 Å². The highest BCUT2D eigenvalue weighted by atomic mass is 16.2. The fourth-order valence-electron chi connectivity index (χ4n) is 1.73. The Balaban J connectivity index is 2.60. The average Bonchev–Trinajstić information content (AvgIpc) is 2.39. The van der Waals surface area contributed by atoms with Crippen molar-refractivity contribution in [3.63, 3.8) is 0 Å². The SMILES string of the molecule is CNC(=O)c1ccc(NC(=O)NCCC(C)C)c(C)c1. The molecule has 1 aromatic rings. The van der Waals surface area contributed by atoms with E-state index in [9.17, 15) is 9.59 Å². The lowest BCUT2D eigenvalue weighted by atomic mass is 10.1. The van der Waals surface area contributed by atoms with Gasteiger partial charge >= 0.3 is 6.03 Å². The summed E-state index contributed by atoms with van der Waals surface area (Å²) in [6, 6.07) is 4.96. The maximum Gasteiger partial charge on any atom is 0.319 e. The summed E-state index contributed by atoms with van der Waals surface area (Å²) in [6.45, 7) is 6.73. The van der Waals surface area contributed by atoms with Crippen LogP contribution in [0, 0.1) is 12.8 Å². The summed E-state index contributed by atoms with van der Waals surface area (Å²) in [5.74, 6) is 0.421. The van der Waals surface area contributed by atoms with E-state index < -0.39 is 0 Å². The van der Waals surface area contributed by atoms with Gasteiger partial charge in [-0.05, 0) is 43.0 Å². The van der Waals surface area contributed by atoms with Crippen LogP contribution in [-0.2, 0) is 0 Å². The number of hydrogen-bond donors (Lipinski definition) is 3. The number of carbonyl (C=O) groups excluding carboxylic acids is 2. The first-order chi connectivity index (χ1) is 9.43. The molecule has 0 spiro atoms. The van der Waals surface area contributed by atoms with E-state index in [0.29, 0.717) is 23.7 Å². The molecule has 3 N–H and O–H groups in total. The summed E-state index contributed by atoms with van der Waals surface area (Å²) in [4.78, 5) is 23.2. The topological polar surface area (TPSA) is 70.2 Å². The van der Waals surface area contributed by atoms with Crippen LogP contribution in [0.15, 0.2) is 18.2 Å². The Bertz CT molecular complexity index is 484. The fourth-order valence-corrected chi connectivity index (χ4v) is 1.73. The molecule has 0 aliphatic carbocycles. The molecule has 1 aromatic carbocycles. The zero-order valence-electron chi connectivity index (χ0n) is 12.5. The Hall–Kier alpha value is -2.04. The number of carbonyl (C=O) groups is 2. The molecule has 0 unspecified atom stereocenters. The molecule has 0 saturated carbocycles. The second-order valence-corrected chi connectivity index (χ2v) is 5.17. The third kappa shape index (κ3) is 4.91. The number of hydrogen-bond acceptors (Lipinski definition) is 2. The first-order valence-corrected chi connectivity index (χ1v) is 6.81. The fraction of sp³-hybridized carbons (Fsp3) is 0.467. The minimum absolute atomic E-state index is 0.138. The van der Waals surface area contributed by atoms with Crippen molar-refractivity contribution in [3.8, 4) is 0 Å². The molecule has 0 aromatic heterocycles. The molecule has 5 nitrogen and oxygen atoms in total. The Labute approximate surface area is 120 Å².